The predicted octanol–water partition coefficient (Wildman–Crippen LogP) is 0.987. The van der Waals surface area contributed by atoms with Gasteiger partial charge in [-0.05, 0) is 18.3 Å². The summed E-state index contributed by atoms with van der Waals surface area (Å²) in [7, 11) is 0. The fraction of sp³-hybridized carbons (Fsp3) is 0.385. The second-order valence-corrected chi connectivity index (χ2v) is 5.73. The Morgan fingerprint density at radius 3 is 2.75 bits per heavy atom. The first-order valence-corrected chi connectivity index (χ1v) is 6.80. The molecule has 0 saturated heterocycles. The Balaban J connectivity index is 1.93. The van der Waals surface area contributed by atoms with Gasteiger partial charge in [0.25, 0.3) is 0 Å². The summed E-state index contributed by atoms with van der Waals surface area (Å²) < 4.78 is 0. The number of nitrogens with one attached hydrogen (secondary N) is 1. The highest BCUT2D eigenvalue weighted by Crippen LogP contribution is 2.46. The van der Waals surface area contributed by atoms with Crippen molar-refractivity contribution < 1.29 is 4.79 Å². The molecule has 0 aromatic carbocycles. The van der Waals surface area contributed by atoms with Gasteiger partial charge in [0, 0.05) is 6.04 Å². The van der Waals surface area contributed by atoms with Gasteiger partial charge < -0.3 is 22.5 Å². The lowest BCUT2D eigenvalue weighted by atomic mass is 9.88. The van der Waals surface area contributed by atoms with E-state index in [4.69, 9.17) is 28.8 Å². The number of nitrogen functional groups attached to an aromatic ring is 2. The SMILES string of the molecule is NC(=O)[C@H]1[C@@H](Nc2c(Cl)cnc(N)c2N)[C@@H]2C=C[C@H]1C2. The maximum absolute atomic E-state index is 11.7. The Bertz CT molecular complexity index is 603. The van der Waals surface area contributed by atoms with Gasteiger partial charge in [-0.2, -0.15) is 0 Å². The van der Waals surface area contributed by atoms with Gasteiger partial charge in [0.1, 0.15) is 5.82 Å². The molecule has 2 bridgehead atoms. The number of nitrogens with zero attached hydrogens (tertiary/aromatic N) is 1. The Morgan fingerprint density at radius 1 is 1.35 bits per heavy atom. The van der Waals surface area contributed by atoms with Crippen molar-refractivity contribution in [3.8, 4) is 0 Å². The molecule has 3 rings (SSSR count). The van der Waals surface area contributed by atoms with E-state index in [1.807, 2.05) is 0 Å². The van der Waals surface area contributed by atoms with Crippen molar-refractivity contribution in [3.05, 3.63) is 23.4 Å². The van der Waals surface area contributed by atoms with E-state index in [-0.39, 0.29) is 35.5 Å². The number of halogens is 1. The highest BCUT2D eigenvalue weighted by Gasteiger charge is 2.47. The van der Waals surface area contributed by atoms with Crippen LogP contribution in [-0.2, 0) is 4.79 Å². The van der Waals surface area contributed by atoms with Crippen LogP contribution in [0.1, 0.15) is 6.42 Å². The number of nitrogens with two attached hydrogens (primary N) is 3. The monoisotopic (exact) mass is 293 g/mol. The largest absolute Gasteiger partial charge is 0.394 e. The molecule has 20 heavy (non-hydrogen) atoms. The number of allylic oxidation sites excluding steroid dienone is 1. The molecule has 1 amide bonds. The van der Waals surface area contributed by atoms with Gasteiger partial charge in [-0.15, -0.1) is 0 Å². The van der Waals surface area contributed by atoms with Gasteiger partial charge in [-0.1, -0.05) is 23.8 Å². The van der Waals surface area contributed by atoms with Crippen LogP contribution in [0.4, 0.5) is 17.2 Å². The molecule has 0 radical (unpaired) electrons. The van der Waals surface area contributed by atoms with Gasteiger partial charge in [0.05, 0.1) is 28.5 Å². The van der Waals surface area contributed by atoms with Crippen LogP contribution in [0.2, 0.25) is 5.02 Å². The van der Waals surface area contributed by atoms with Gasteiger partial charge in [-0.3, -0.25) is 4.79 Å². The maximum atomic E-state index is 11.7. The molecular formula is C13H16ClN5O. The van der Waals surface area contributed by atoms with E-state index in [1.54, 1.807) is 0 Å². The van der Waals surface area contributed by atoms with Gasteiger partial charge in [-0.25, -0.2) is 4.98 Å². The van der Waals surface area contributed by atoms with Crippen LogP contribution >= 0.6 is 11.6 Å². The first-order chi connectivity index (χ1) is 9.49. The number of hydrogen-bond donors (Lipinski definition) is 4. The molecule has 1 aromatic heterocycles. The number of rotatable bonds is 3. The highest BCUT2D eigenvalue weighted by molar-refractivity contribution is 6.34. The van der Waals surface area contributed by atoms with Crippen molar-refractivity contribution in [2.24, 2.45) is 23.5 Å². The zero-order valence-corrected chi connectivity index (χ0v) is 11.5. The number of amides is 1. The van der Waals surface area contributed by atoms with Crippen LogP contribution in [-0.4, -0.2) is 16.9 Å². The van der Waals surface area contributed by atoms with Gasteiger partial charge >= 0.3 is 0 Å². The number of carbonyl (C=O) groups excluding carboxylic acids is 1. The molecule has 7 heteroatoms. The van der Waals surface area contributed by atoms with Crippen LogP contribution < -0.4 is 22.5 Å². The molecule has 1 saturated carbocycles. The molecule has 1 aromatic rings. The minimum atomic E-state index is -0.309. The average Bonchev–Trinajstić information content (AvgIpc) is 2.99. The van der Waals surface area contributed by atoms with E-state index in [2.05, 4.69) is 22.5 Å². The number of aromatic nitrogens is 1. The molecule has 106 valence electrons. The summed E-state index contributed by atoms with van der Waals surface area (Å²) in [6.07, 6.45) is 6.53. The summed E-state index contributed by atoms with van der Waals surface area (Å²) in [5, 5.41) is 3.63. The predicted molar refractivity (Wildman–Crippen MR) is 78.9 cm³/mol. The Kier molecular flexibility index (Phi) is 2.97. The molecule has 2 aliphatic rings. The zero-order valence-electron chi connectivity index (χ0n) is 10.7. The first-order valence-electron chi connectivity index (χ1n) is 6.42. The van der Waals surface area contributed by atoms with Crippen molar-refractivity contribution in [3.63, 3.8) is 0 Å². The molecule has 1 fully saturated rings. The number of carbonyl (C=O) groups is 1. The second-order valence-electron chi connectivity index (χ2n) is 5.33. The Morgan fingerprint density at radius 2 is 2.05 bits per heavy atom. The van der Waals surface area contributed by atoms with Crippen molar-refractivity contribution >= 4 is 34.7 Å². The third-order valence-electron chi connectivity index (χ3n) is 4.20. The van der Waals surface area contributed by atoms with E-state index in [9.17, 15) is 4.79 Å². The van der Waals surface area contributed by atoms with Crippen molar-refractivity contribution in [2.45, 2.75) is 12.5 Å². The molecule has 4 atom stereocenters. The van der Waals surface area contributed by atoms with Crippen LogP contribution in [0.3, 0.4) is 0 Å². The lowest BCUT2D eigenvalue weighted by molar-refractivity contribution is -0.122. The normalized spacial score (nSPS) is 30.6. The fourth-order valence-corrected chi connectivity index (χ4v) is 3.44. The summed E-state index contributed by atoms with van der Waals surface area (Å²) in [6, 6.07) is -0.107. The molecule has 1 heterocycles. The van der Waals surface area contributed by atoms with Gasteiger partial charge in [0.2, 0.25) is 5.91 Å². The third kappa shape index (κ3) is 1.87. The topological polar surface area (TPSA) is 120 Å². The van der Waals surface area contributed by atoms with Crippen molar-refractivity contribution in [1.29, 1.82) is 0 Å². The summed E-state index contributed by atoms with van der Waals surface area (Å²) in [4.78, 5) is 15.6. The third-order valence-corrected chi connectivity index (χ3v) is 4.49. The summed E-state index contributed by atoms with van der Waals surface area (Å²) in [5.74, 6) is 0.0914. The van der Waals surface area contributed by atoms with Gasteiger partial charge in [0.15, 0.2) is 0 Å². The minimum Gasteiger partial charge on any atom is -0.394 e. The number of primary amides is 1. The molecule has 0 spiro atoms. The minimum absolute atomic E-state index is 0.107. The molecule has 0 unspecified atom stereocenters. The Hall–Kier alpha value is -1.95. The van der Waals surface area contributed by atoms with Crippen LogP contribution in [0, 0.1) is 17.8 Å². The zero-order chi connectivity index (χ0) is 14.4. The maximum Gasteiger partial charge on any atom is 0.223 e. The van der Waals surface area contributed by atoms with E-state index in [0.29, 0.717) is 16.4 Å². The highest BCUT2D eigenvalue weighted by atomic mass is 35.5. The fourth-order valence-electron chi connectivity index (χ4n) is 3.24. The first kappa shape index (κ1) is 13.1. The molecular weight excluding hydrogens is 278 g/mol. The quantitative estimate of drug-likeness (QED) is 0.619. The number of hydrogen-bond acceptors (Lipinski definition) is 5. The van der Waals surface area contributed by atoms with Crippen molar-refractivity contribution in [2.75, 3.05) is 16.8 Å². The molecule has 6 nitrogen and oxygen atoms in total. The number of pyridine rings is 1. The number of fused-ring (bicyclic) bond motifs is 2. The Labute approximate surface area is 121 Å². The second kappa shape index (κ2) is 4.56. The van der Waals surface area contributed by atoms with E-state index in [1.165, 1.54) is 6.20 Å². The summed E-state index contributed by atoms with van der Waals surface area (Å²) in [5.41, 5.74) is 17.9. The van der Waals surface area contributed by atoms with E-state index < -0.39 is 0 Å². The summed E-state index contributed by atoms with van der Waals surface area (Å²) in [6.45, 7) is 0. The van der Waals surface area contributed by atoms with E-state index >= 15 is 0 Å². The smallest absolute Gasteiger partial charge is 0.223 e. The van der Waals surface area contributed by atoms with Crippen molar-refractivity contribution in [1.82, 2.24) is 4.98 Å². The standard InChI is InChI=1S/C13H16ClN5O/c14-7-4-18-12(16)9(15)11(7)19-10-6-2-1-5(3-6)8(10)13(17)20/h1-2,4-6,8,10H,3,15H2,(H2,17,20)(H3,16,18,19)/t5-,6+,8+,10-/m0/s1. The molecule has 2 aliphatic carbocycles. The van der Waals surface area contributed by atoms with Crippen LogP contribution in [0.25, 0.3) is 0 Å². The average molecular weight is 294 g/mol. The molecule has 7 N–H and O–H groups in total. The van der Waals surface area contributed by atoms with E-state index in [0.717, 1.165) is 6.42 Å². The summed E-state index contributed by atoms with van der Waals surface area (Å²) >= 11 is 6.11. The lowest BCUT2D eigenvalue weighted by Gasteiger charge is -2.28. The lowest BCUT2D eigenvalue weighted by Crippen LogP contribution is -2.41. The number of anilines is 3. The molecule has 0 aliphatic heterocycles. The van der Waals surface area contributed by atoms with Crippen LogP contribution in [0.15, 0.2) is 18.3 Å². The van der Waals surface area contributed by atoms with Crippen LogP contribution in [0.5, 0.6) is 0 Å².